The van der Waals surface area contributed by atoms with Gasteiger partial charge in [0.05, 0.1) is 0 Å². The van der Waals surface area contributed by atoms with Crippen LogP contribution in [-0.4, -0.2) is 11.0 Å². The number of hydrogen-bond donors (Lipinski definition) is 2. The van der Waals surface area contributed by atoms with Crippen LogP contribution in [0.1, 0.15) is 57.7 Å². The minimum atomic E-state index is 0.309. The van der Waals surface area contributed by atoms with Crippen LogP contribution in [0.25, 0.3) is 0 Å². The highest BCUT2D eigenvalue weighted by molar-refractivity contribution is 5.27. The lowest BCUT2D eigenvalue weighted by Crippen LogP contribution is -2.49. The van der Waals surface area contributed by atoms with E-state index >= 15 is 0 Å². The number of fused-ring (bicyclic) bond motifs is 1. The minimum Gasteiger partial charge on any atom is -0.271 e. The predicted molar refractivity (Wildman–Crippen MR) is 84.2 cm³/mol. The lowest BCUT2D eigenvalue weighted by Gasteiger charge is -2.39. The van der Waals surface area contributed by atoms with Crippen molar-refractivity contribution in [3.8, 4) is 0 Å². The van der Waals surface area contributed by atoms with Gasteiger partial charge in [-0.2, -0.15) is 0 Å². The van der Waals surface area contributed by atoms with E-state index in [1.165, 1.54) is 24.1 Å². The van der Waals surface area contributed by atoms with Gasteiger partial charge in [-0.25, -0.2) is 0 Å². The summed E-state index contributed by atoms with van der Waals surface area (Å²) in [5.74, 6) is 8.20. The summed E-state index contributed by atoms with van der Waals surface area (Å²) in [6.45, 7) is 9.21. The quantitative estimate of drug-likeness (QED) is 0.640. The van der Waals surface area contributed by atoms with Gasteiger partial charge in [0.2, 0.25) is 0 Å². The summed E-state index contributed by atoms with van der Waals surface area (Å²) in [5.41, 5.74) is 5.82. The molecule has 1 aromatic rings. The molecule has 0 bridgehead atoms. The number of rotatable bonds is 5. The summed E-state index contributed by atoms with van der Waals surface area (Å²) in [6, 6.07) is 4.58. The number of hydrazine groups is 1. The standard InChI is InChI=1S/C17H29N3/c1-11(2)15(12(3)4)17(20-18)14-9-5-7-13-8-6-10-19-16(13)14/h6,8,10-12,14-15,17,20H,5,7,9,18H2,1-4H3. The van der Waals surface area contributed by atoms with Crippen LogP contribution in [0.2, 0.25) is 0 Å². The molecule has 0 fully saturated rings. The highest BCUT2D eigenvalue weighted by Crippen LogP contribution is 2.38. The Kier molecular flexibility index (Phi) is 5.17. The van der Waals surface area contributed by atoms with Gasteiger partial charge < -0.3 is 0 Å². The number of aryl methyl sites for hydroxylation is 1. The van der Waals surface area contributed by atoms with Crippen molar-refractivity contribution < 1.29 is 0 Å². The molecule has 1 aliphatic carbocycles. The molecule has 3 nitrogen and oxygen atoms in total. The normalized spacial score (nSPS) is 20.5. The third-order valence-corrected chi connectivity index (χ3v) is 4.82. The first-order valence-corrected chi connectivity index (χ1v) is 7.96. The molecule has 0 saturated heterocycles. The van der Waals surface area contributed by atoms with E-state index in [2.05, 4.69) is 50.2 Å². The predicted octanol–water partition coefficient (Wildman–Crippen LogP) is 3.26. The lowest BCUT2D eigenvalue weighted by atomic mass is 9.71. The van der Waals surface area contributed by atoms with Crippen LogP contribution in [0.15, 0.2) is 18.3 Å². The fourth-order valence-electron chi connectivity index (χ4n) is 4.09. The highest BCUT2D eigenvalue weighted by atomic mass is 15.2. The molecular formula is C17H29N3. The molecule has 112 valence electrons. The van der Waals surface area contributed by atoms with Crippen LogP contribution in [0, 0.1) is 17.8 Å². The number of hydrogen-bond acceptors (Lipinski definition) is 3. The second-order valence-corrected chi connectivity index (χ2v) is 6.80. The van der Waals surface area contributed by atoms with E-state index in [0.717, 1.165) is 6.42 Å². The second-order valence-electron chi connectivity index (χ2n) is 6.80. The van der Waals surface area contributed by atoms with E-state index in [-0.39, 0.29) is 0 Å². The van der Waals surface area contributed by atoms with Gasteiger partial charge in [-0.15, -0.1) is 0 Å². The van der Waals surface area contributed by atoms with Crippen molar-refractivity contribution in [2.45, 2.75) is 58.9 Å². The number of nitrogens with one attached hydrogen (secondary N) is 1. The Morgan fingerprint density at radius 2 is 1.95 bits per heavy atom. The molecule has 0 aliphatic heterocycles. The maximum Gasteiger partial charge on any atom is 0.0482 e. The summed E-state index contributed by atoms with van der Waals surface area (Å²) in [4.78, 5) is 4.68. The van der Waals surface area contributed by atoms with Gasteiger partial charge in [0.25, 0.3) is 0 Å². The molecule has 3 heteroatoms. The molecule has 0 amide bonds. The van der Waals surface area contributed by atoms with Gasteiger partial charge in [-0.1, -0.05) is 33.8 Å². The van der Waals surface area contributed by atoms with Gasteiger partial charge in [-0.05, 0) is 48.6 Å². The highest BCUT2D eigenvalue weighted by Gasteiger charge is 2.36. The molecule has 2 atom stereocenters. The molecule has 3 N–H and O–H groups in total. The average Bonchev–Trinajstić information content (AvgIpc) is 2.43. The van der Waals surface area contributed by atoms with Gasteiger partial charge >= 0.3 is 0 Å². The summed E-state index contributed by atoms with van der Waals surface area (Å²) in [5, 5.41) is 0. The van der Waals surface area contributed by atoms with E-state index in [1.807, 2.05) is 6.20 Å². The maximum absolute atomic E-state index is 5.96. The second kappa shape index (κ2) is 6.68. The fourth-order valence-corrected chi connectivity index (χ4v) is 4.09. The van der Waals surface area contributed by atoms with Crippen LogP contribution in [-0.2, 0) is 6.42 Å². The van der Waals surface area contributed by atoms with E-state index in [4.69, 9.17) is 5.84 Å². The molecule has 2 rings (SSSR count). The smallest absolute Gasteiger partial charge is 0.0482 e. The zero-order chi connectivity index (χ0) is 14.7. The fraction of sp³-hybridized carbons (Fsp3) is 0.706. The first-order valence-electron chi connectivity index (χ1n) is 7.96. The summed E-state index contributed by atoms with van der Waals surface area (Å²) in [6.07, 6.45) is 5.51. The maximum atomic E-state index is 5.96. The number of nitrogens with two attached hydrogens (primary N) is 1. The lowest BCUT2D eigenvalue weighted by molar-refractivity contribution is 0.176. The molecular weight excluding hydrogens is 246 g/mol. The van der Waals surface area contributed by atoms with Gasteiger partial charge in [0.15, 0.2) is 0 Å². The average molecular weight is 275 g/mol. The summed E-state index contributed by atoms with van der Waals surface area (Å²) in [7, 11) is 0. The minimum absolute atomic E-state index is 0.309. The van der Waals surface area contributed by atoms with Crippen molar-refractivity contribution in [1.82, 2.24) is 10.4 Å². The molecule has 1 aliphatic rings. The van der Waals surface area contributed by atoms with Gasteiger partial charge in [0.1, 0.15) is 0 Å². The van der Waals surface area contributed by atoms with Crippen molar-refractivity contribution >= 4 is 0 Å². The Labute approximate surface area is 123 Å². The number of aromatic nitrogens is 1. The monoisotopic (exact) mass is 275 g/mol. The first-order chi connectivity index (χ1) is 9.56. The van der Waals surface area contributed by atoms with Crippen molar-refractivity contribution in [2.24, 2.45) is 23.6 Å². The molecule has 20 heavy (non-hydrogen) atoms. The third kappa shape index (κ3) is 3.04. The Balaban J connectivity index is 2.33. The Morgan fingerprint density at radius 1 is 1.25 bits per heavy atom. The van der Waals surface area contributed by atoms with E-state index in [0.29, 0.717) is 29.7 Å². The topological polar surface area (TPSA) is 50.9 Å². The molecule has 1 heterocycles. The Morgan fingerprint density at radius 3 is 2.55 bits per heavy atom. The van der Waals surface area contributed by atoms with Crippen molar-refractivity contribution in [2.75, 3.05) is 0 Å². The van der Waals surface area contributed by atoms with Crippen LogP contribution in [0.3, 0.4) is 0 Å². The molecule has 0 saturated carbocycles. The molecule has 0 radical (unpaired) electrons. The van der Waals surface area contributed by atoms with Gasteiger partial charge in [-0.3, -0.25) is 16.3 Å². The van der Waals surface area contributed by atoms with Crippen LogP contribution < -0.4 is 11.3 Å². The van der Waals surface area contributed by atoms with E-state index in [1.54, 1.807) is 0 Å². The third-order valence-electron chi connectivity index (χ3n) is 4.82. The molecule has 2 unspecified atom stereocenters. The van der Waals surface area contributed by atoms with E-state index < -0.39 is 0 Å². The first kappa shape index (κ1) is 15.5. The van der Waals surface area contributed by atoms with Crippen LogP contribution in [0.5, 0.6) is 0 Å². The Bertz CT molecular complexity index is 420. The van der Waals surface area contributed by atoms with Gasteiger partial charge in [0, 0.05) is 23.9 Å². The van der Waals surface area contributed by atoms with Crippen molar-refractivity contribution in [3.63, 3.8) is 0 Å². The molecule has 1 aromatic heterocycles. The summed E-state index contributed by atoms with van der Waals surface area (Å²) < 4.78 is 0. The molecule has 0 spiro atoms. The number of pyridine rings is 1. The van der Waals surface area contributed by atoms with Crippen LogP contribution >= 0.6 is 0 Å². The van der Waals surface area contributed by atoms with Crippen molar-refractivity contribution in [1.29, 1.82) is 0 Å². The summed E-state index contributed by atoms with van der Waals surface area (Å²) >= 11 is 0. The van der Waals surface area contributed by atoms with Crippen molar-refractivity contribution in [3.05, 3.63) is 29.6 Å². The molecule has 0 aromatic carbocycles. The zero-order valence-corrected chi connectivity index (χ0v) is 13.3. The SMILES string of the molecule is CC(C)C(C(C)C)C(NN)C1CCCc2cccnc21. The Hall–Kier alpha value is -0.930. The van der Waals surface area contributed by atoms with E-state index in [9.17, 15) is 0 Å². The zero-order valence-electron chi connectivity index (χ0n) is 13.3. The number of nitrogens with zero attached hydrogens (tertiary/aromatic N) is 1. The largest absolute Gasteiger partial charge is 0.271 e. The van der Waals surface area contributed by atoms with Crippen LogP contribution in [0.4, 0.5) is 0 Å².